The summed E-state index contributed by atoms with van der Waals surface area (Å²) in [5.41, 5.74) is -0.436. The van der Waals surface area contributed by atoms with Gasteiger partial charge in [-0.05, 0) is 36.8 Å². The van der Waals surface area contributed by atoms with Crippen molar-refractivity contribution >= 4 is 17.3 Å². The third-order valence-corrected chi connectivity index (χ3v) is 2.83. The van der Waals surface area contributed by atoms with Gasteiger partial charge in [0.1, 0.15) is 17.2 Å². The molecule has 5 nitrogen and oxygen atoms in total. The van der Waals surface area contributed by atoms with Gasteiger partial charge in [0, 0.05) is 11.8 Å². The molecule has 0 heterocycles. The van der Waals surface area contributed by atoms with Crippen LogP contribution in [0.1, 0.15) is 15.9 Å². The van der Waals surface area contributed by atoms with Gasteiger partial charge in [0.2, 0.25) is 0 Å². The summed E-state index contributed by atoms with van der Waals surface area (Å²) in [6.07, 6.45) is 0. The average Bonchev–Trinajstić information content (AvgIpc) is 2.42. The minimum absolute atomic E-state index is 0.127. The van der Waals surface area contributed by atoms with E-state index in [1.54, 1.807) is 6.92 Å². The Morgan fingerprint density at radius 1 is 1.19 bits per heavy atom. The third kappa shape index (κ3) is 3.19. The van der Waals surface area contributed by atoms with Gasteiger partial charge in [-0.2, -0.15) is 0 Å². The molecule has 0 spiro atoms. The van der Waals surface area contributed by atoms with Gasteiger partial charge in [-0.15, -0.1) is 0 Å². The number of anilines is 1. The Bertz CT molecular complexity index is 732. The smallest absolute Gasteiger partial charge is 0.282 e. The molecule has 1 N–H and O–H groups in total. The monoisotopic (exact) mass is 292 g/mol. The summed E-state index contributed by atoms with van der Waals surface area (Å²) >= 11 is 0. The van der Waals surface area contributed by atoms with Crippen LogP contribution in [0.15, 0.2) is 36.4 Å². The Morgan fingerprint density at radius 2 is 1.90 bits per heavy atom. The maximum Gasteiger partial charge on any atom is 0.282 e. The summed E-state index contributed by atoms with van der Waals surface area (Å²) in [7, 11) is 0. The molecule has 0 unspecified atom stereocenters. The Balaban J connectivity index is 2.34. The summed E-state index contributed by atoms with van der Waals surface area (Å²) in [6, 6.07) is 6.53. The van der Waals surface area contributed by atoms with Crippen LogP contribution in [0.5, 0.6) is 0 Å². The number of nitro groups is 1. The van der Waals surface area contributed by atoms with Gasteiger partial charge in [-0.25, -0.2) is 8.78 Å². The van der Waals surface area contributed by atoms with Gasteiger partial charge in [-0.1, -0.05) is 6.07 Å². The Morgan fingerprint density at radius 3 is 2.52 bits per heavy atom. The minimum Gasteiger partial charge on any atom is -0.322 e. The quantitative estimate of drug-likeness (QED) is 0.695. The molecule has 2 aromatic rings. The summed E-state index contributed by atoms with van der Waals surface area (Å²) in [5, 5.41) is 13.1. The number of benzene rings is 2. The van der Waals surface area contributed by atoms with Crippen LogP contribution >= 0.6 is 0 Å². The number of aryl methyl sites for hydroxylation is 1. The van der Waals surface area contributed by atoms with Gasteiger partial charge in [0.15, 0.2) is 0 Å². The van der Waals surface area contributed by atoms with Crippen molar-refractivity contribution < 1.29 is 18.5 Å². The van der Waals surface area contributed by atoms with E-state index in [0.29, 0.717) is 5.56 Å². The SMILES string of the molecule is Cc1ccc(NC(=O)c2cc(F)ccc2[N+](=O)[O-])cc1F. The number of nitrogens with one attached hydrogen (secondary N) is 1. The van der Waals surface area contributed by atoms with E-state index in [1.165, 1.54) is 12.1 Å². The average molecular weight is 292 g/mol. The van der Waals surface area contributed by atoms with E-state index >= 15 is 0 Å². The topological polar surface area (TPSA) is 72.2 Å². The molecule has 2 rings (SSSR count). The fourth-order valence-electron chi connectivity index (χ4n) is 1.72. The van der Waals surface area contributed by atoms with Crippen LogP contribution < -0.4 is 5.32 Å². The van der Waals surface area contributed by atoms with Crippen LogP contribution in [-0.2, 0) is 0 Å². The van der Waals surface area contributed by atoms with E-state index in [0.717, 1.165) is 24.3 Å². The fraction of sp³-hybridized carbons (Fsp3) is 0.0714. The molecule has 0 aliphatic carbocycles. The second kappa shape index (κ2) is 5.66. The van der Waals surface area contributed by atoms with E-state index < -0.39 is 33.7 Å². The maximum absolute atomic E-state index is 13.4. The number of nitro benzene ring substituents is 1. The summed E-state index contributed by atoms with van der Waals surface area (Å²) in [6.45, 7) is 1.55. The van der Waals surface area contributed by atoms with Crippen molar-refractivity contribution in [2.45, 2.75) is 6.92 Å². The number of rotatable bonds is 3. The van der Waals surface area contributed by atoms with Crippen LogP contribution in [0.2, 0.25) is 0 Å². The van der Waals surface area contributed by atoms with Gasteiger partial charge in [0.05, 0.1) is 4.92 Å². The van der Waals surface area contributed by atoms with E-state index in [4.69, 9.17) is 0 Å². The number of amides is 1. The van der Waals surface area contributed by atoms with Crippen LogP contribution in [0.4, 0.5) is 20.2 Å². The largest absolute Gasteiger partial charge is 0.322 e. The van der Waals surface area contributed by atoms with Crippen molar-refractivity contribution in [2.75, 3.05) is 5.32 Å². The molecule has 0 bridgehead atoms. The highest BCUT2D eigenvalue weighted by atomic mass is 19.1. The lowest BCUT2D eigenvalue weighted by Gasteiger charge is -2.07. The van der Waals surface area contributed by atoms with Crippen LogP contribution in [0, 0.1) is 28.7 Å². The van der Waals surface area contributed by atoms with Gasteiger partial charge >= 0.3 is 0 Å². The van der Waals surface area contributed by atoms with Crippen molar-refractivity contribution in [1.29, 1.82) is 0 Å². The molecule has 108 valence electrons. The predicted octanol–water partition coefficient (Wildman–Crippen LogP) is 3.43. The van der Waals surface area contributed by atoms with E-state index in [2.05, 4.69) is 5.32 Å². The van der Waals surface area contributed by atoms with Crippen molar-refractivity contribution in [3.63, 3.8) is 0 Å². The van der Waals surface area contributed by atoms with E-state index in [-0.39, 0.29) is 5.69 Å². The lowest BCUT2D eigenvalue weighted by Crippen LogP contribution is -2.14. The molecule has 0 aliphatic heterocycles. The predicted molar refractivity (Wildman–Crippen MR) is 72.1 cm³/mol. The minimum atomic E-state index is -0.885. The first-order valence-corrected chi connectivity index (χ1v) is 5.90. The van der Waals surface area contributed by atoms with Crippen LogP contribution in [-0.4, -0.2) is 10.8 Å². The highest BCUT2D eigenvalue weighted by Crippen LogP contribution is 2.21. The first-order chi connectivity index (χ1) is 9.88. The van der Waals surface area contributed by atoms with Gasteiger partial charge in [-0.3, -0.25) is 14.9 Å². The molecule has 0 atom stereocenters. The molecule has 1 amide bonds. The molecule has 0 aliphatic rings. The fourth-order valence-corrected chi connectivity index (χ4v) is 1.72. The lowest BCUT2D eigenvalue weighted by atomic mass is 10.1. The Labute approximate surface area is 118 Å². The lowest BCUT2D eigenvalue weighted by molar-refractivity contribution is -0.385. The third-order valence-electron chi connectivity index (χ3n) is 2.83. The first kappa shape index (κ1) is 14.6. The molecule has 0 aromatic heterocycles. The normalized spacial score (nSPS) is 10.2. The Hall–Kier alpha value is -2.83. The van der Waals surface area contributed by atoms with E-state index in [1.807, 2.05) is 0 Å². The second-order valence-electron chi connectivity index (χ2n) is 4.34. The van der Waals surface area contributed by atoms with Crippen LogP contribution in [0.25, 0.3) is 0 Å². The standard InChI is InChI=1S/C14H10F2N2O3/c1-8-2-4-10(7-12(8)16)17-14(19)11-6-9(15)3-5-13(11)18(20)21/h2-7H,1H3,(H,17,19). The van der Waals surface area contributed by atoms with Crippen LogP contribution in [0.3, 0.4) is 0 Å². The maximum atomic E-state index is 13.4. The number of carbonyl (C=O) groups is 1. The molecule has 0 saturated heterocycles. The molecule has 0 fully saturated rings. The molecular formula is C14H10F2N2O3. The molecular weight excluding hydrogens is 282 g/mol. The summed E-state index contributed by atoms with van der Waals surface area (Å²) in [5.74, 6) is -2.19. The van der Waals surface area contributed by atoms with Crippen molar-refractivity contribution in [1.82, 2.24) is 0 Å². The van der Waals surface area contributed by atoms with Crippen molar-refractivity contribution in [3.8, 4) is 0 Å². The zero-order valence-corrected chi connectivity index (χ0v) is 10.9. The first-order valence-electron chi connectivity index (χ1n) is 5.90. The Kier molecular flexibility index (Phi) is 3.93. The number of halogens is 2. The molecule has 0 radical (unpaired) electrons. The van der Waals surface area contributed by atoms with E-state index in [9.17, 15) is 23.7 Å². The highest BCUT2D eigenvalue weighted by molar-refractivity contribution is 6.07. The second-order valence-corrected chi connectivity index (χ2v) is 4.34. The molecule has 21 heavy (non-hydrogen) atoms. The highest BCUT2D eigenvalue weighted by Gasteiger charge is 2.21. The molecule has 7 heteroatoms. The number of carbonyl (C=O) groups excluding carboxylic acids is 1. The number of nitrogens with zero attached hydrogens (tertiary/aromatic N) is 1. The number of hydrogen-bond acceptors (Lipinski definition) is 3. The zero-order valence-electron chi connectivity index (χ0n) is 10.9. The zero-order chi connectivity index (χ0) is 15.6. The van der Waals surface area contributed by atoms with Crippen molar-refractivity contribution in [3.05, 3.63) is 69.3 Å². The summed E-state index contributed by atoms with van der Waals surface area (Å²) in [4.78, 5) is 22.0. The molecule has 0 saturated carbocycles. The molecule has 2 aromatic carbocycles. The number of hydrogen-bond donors (Lipinski definition) is 1. The van der Waals surface area contributed by atoms with Gasteiger partial charge < -0.3 is 5.32 Å². The van der Waals surface area contributed by atoms with Crippen molar-refractivity contribution in [2.24, 2.45) is 0 Å². The van der Waals surface area contributed by atoms with Gasteiger partial charge in [0.25, 0.3) is 11.6 Å². The summed E-state index contributed by atoms with van der Waals surface area (Å²) < 4.78 is 26.5.